The maximum absolute atomic E-state index is 12.9. The summed E-state index contributed by atoms with van der Waals surface area (Å²) < 4.78 is 5.73. The van der Waals surface area contributed by atoms with E-state index in [1.165, 1.54) is 11.1 Å². The third-order valence-electron chi connectivity index (χ3n) is 7.34. The summed E-state index contributed by atoms with van der Waals surface area (Å²) in [7, 11) is 0. The van der Waals surface area contributed by atoms with E-state index in [2.05, 4.69) is 34.9 Å². The number of hydrogen-bond donors (Lipinski definition) is 3. The summed E-state index contributed by atoms with van der Waals surface area (Å²) >= 11 is 0. The Kier molecular flexibility index (Phi) is 7.73. The van der Waals surface area contributed by atoms with Crippen LogP contribution in [0.1, 0.15) is 75.3 Å². The normalized spacial score (nSPS) is 16.7. The van der Waals surface area contributed by atoms with E-state index < -0.39 is 17.6 Å². The van der Waals surface area contributed by atoms with Crippen LogP contribution >= 0.6 is 0 Å². The second-order valence-electron chi connectivity index (χ2n) is 9.72. The molecule has 0 radical (unpaired) electrons. The van der Waals surface area contributed by atoms with Gasteiger partial charge in [-0.15, -0.1) is 0 Å². The molecule has 7 nitrogen and oxygen atoms in total. The van der Waals surface area contributed by atoms with E-state index in [4.69, 9.17) is 9.84 Å². The van der Waals surface area contributed by atoms with Gasteiger partial charge in [0, 0.05) is 24.8 Å². The van der Waals surface area contributed by atoms with Gasteiger partial charge in [-0.25, -0.2) is 4.79 Å². The van der Waals surface area contributed by atoms with Crippen LogP contribution < -0.4 is 10.6 Å². The van der Waals surface area contributed by atoms with Gasteiger partial charge < -0.3 is 20.5 Å². The van der Waals surface area contributed by atoms with Gasteiger partial charge in [-0.3, -0.25) is 9.59 Å². The number of nitrogens with one attached hydrogen (secondary N) is 2. The van der Waals surface area contributed by atoms with Gasteiger partial charge in [0.15, 0.2) is 0 Å². The highest BCUT2D eigenvalue weighted by atomic mass is 16.5. The number of fused-ring (bicyclic) bond motifs is 3. The predicted molar refractivity (Wildman–Crippen MR) is 133 cm³/mol. The molecule has 1 fully saturated rings. The molecule has 0 saturated heterocycles. The number of hydrogen-bond acceptors (Lipinski definition) is 4. The molecule has 186 valence electrons. The Balaban J connectivity index is 1.36. The van der Waals surface area contributed by atoms with E-state index in [1.807, 2.05) is 31.2 Å². The maximum atomic E-state index is 12.9. The van der Waals surface area contributed by atoms with Crippen LogP contribution in [0, 0.1) is 0 Å². The average molecular weight is 479 g/mol. The van der Waals surface area contributed by atoms with Crippen molar-refractivity contribution in [1.82, 2.24) is 10.6 Å². The van der Waals surface area contributed by atoms with Gasteiger partial charge in [-0.2, -0.15) is 0 Å². The summed E-state index contributed by atoms with van der Waals surface area (Å²) in [6, 6.07) is 16.2. The summed E-state index contributed by atoms with van der Waals surface area (Å²) in [5.41, 5.74) is 4.04. The van der Waals surface area contributed by atoms with Crippen LogP contribution in [0.4, 0.5) is 4.79 Å². The fraction of sp³-hybridized carbons (Fsp3) is 0.464. The Morgan fingerprint density at radius 2 is 1.63 bits per heavy atom. The van der Waals surface area contributed by atoms with E-state index in [0.717, 1.165) is 36.8 Å². The minimum Gasteiger partial charge on any atom is -0.481 e. The van der Waals surface area contributed by atoms with Crippen molar-refractivity contribution in [2.24, 2.45) is 0 Å². The van der Waals surface area contributed by atoms with Gasteiger partial charge in [0.1, 0.15) is 6.61 Å². The van der Waals surface area contributed by atoms with Gasteiger partial charge in [0.2, 0.25) is 5.91 Å². The largest absolute Gasteiger partial charge is 0.481 e. The lowest BCUT2D eigenvalue weighted by atomic mass is 9.92. The smallest absolute Gasteiger partial charge is 0.407 e. The first-order chi connectivity index (χ1) is 16.9. The molecule has 2 aromatic rings. The van der Waals surface area contributed by atoms with Crippen molar-refractivity contribution in [3.8, 4) is 11.1 Å². The SMILES string of the molecule is CCC(CCC(=O)O)NC(=O)CC1(NC(=O)OCC2c3ccccc3-c3ccccc32)CCCC1. The fourth-order valence-electron chi connectivity index (χ4n) is 5.51. The Morgan fingerprint density at radius 1 is 1.03 bits per heavy atom. The number of alkyl carbamates (subject to hydrolysis) is 1. The minimum absolute atomic E-state index is 0.0158. The molecule has 7 heteroatoms. The van der Waals surface area contributed by atoms with E-state index >= 15 is 0 Å². The lowest BCUT2D eigenvalue weighted by Gasteiger charge is -2.30. The average Bonchev–Trinajstić information content (AvgIpc) is 3.42. The molecule has 1 unspecified atom stereocenters. The molecule has 2 amide bonds. The summed E-state index contributed by atoms with van der Waals surface area (Å²) in [5, 5.41) is 14.9. The third kappa shape index (κ3) is 5.84. The number of carbonyl (C=O) groups is 3. The molecule has 0 aromatic heterocycles. The van der Waals surface area contributed by atoms with Crippen LogP contribution in [-0.4, -0.2) is 41.3 Å². The van der Waals surface area contributed by atoms with Crippen molar-refractivity contribution < 1.29 is 24.2 Å². The number of aliphatic carboxylic acids is 1. The second-order valence-corrected chi connectivity index (χ2v) is 9.72. The molecule has 0 spiro atoms. The number of carbonyl (C=O) groups excluding carboxylic acids is 2. The molecule has 4 rings (SSSR count). The minimum atomic E-state index is -0.873. The molecule has 0 bridgehead atoms. The second kappa shape index (κ2) is 10.9. The highest BCUT2D eigenvalue weighted by Gasteiger charge is 2.38. The fourth-order valence-corrected chi connectivity index (χ4v) is 5.51. The number of rotatable bonds is 10. The molecule has 0 heterocycles. The summed E-state index contributed by atoms with van der Waals surface area (Å²) in [6.45, 7) is 2.16. The summed E-state index contributed by atoms with van der Waals surface area (Å²) in [6.07, 6.45) is 4.05. The van der Waals surface area contributed by atoms with Crippen molar-refractivity contribution in [3.63, 3.8) is 0 Å². The monoisotopic (exact) mass is 478 g/mol. The molecular weight excluding hydrogens is 444 g/mol. The zero-order valence-corrected chi connectivity index (χ0v) is 20.2. The van der Waals surface area contributed by atoms with Crippen LogP contribution in [0.5, 0.6) is 0 Å². The van der Waals surface area contributed by atoms with Crippen LogP contribution in [0.2, 0.25) is 0 Å². The molecular formula is C28H34N2O5. The van der Waals surface area contributed by atoms with Crippen LogP contribution in [-0.2, 0) is 14.3 Å². The number of carboxylic acid groups (broad SMARTS) is 1. The number of amides is 2. The van der Waals surface area contributed by atoms with Crippen molar-refractivity contribution in [1.29, 1.82) is 0 Å². The summed E-state index contributed by atoms with van der Waals surface area (Å²) in [5.74, 6) is -1.06. The topological polar surface area (TPSA) is 105 Å². The number of carboxylic acids is 1. The molecule has 3 N–H and O–H groups in total. The first-order valence-corrected chi connectivity index (χ1v) is 12.5. The number of ether oxygens (including phenoxy) is 1. The zero-order valence-electron chi connectivity index (χ0n) is 20.2. The van der Waals surface area contributed by atoms with Crippen LogP contribution in [0.15, 0.2) is 48.5 Å². The van der Waals surface area contributed by atoms with Gasteiger partial charge in [0.25, 0.3) is 0 Å². The molecule has 2 aliphatic rings. The van der Waals surface area contributed by atoms with Crippen LogP contribution in [0.25, 0.3) is 11.1 Å². The van der Waals surface area contributed by atoms with E-state index in [-0.39, 0.29) is 37.3 Å². The first-order valence-electron chi connectivity index (χ1n) is 12.5. The predicted octanol–water partition coefficient (Wildman–Crippen LogP) is 4.99. The highest BCUT2D eigenvalue weighted by molar-refractivity contribution is 5.80. The van der Waals surface area contributed by atoms with Gasteiger partial charge >= 0.3 is 12.1 Å². The molecule has 1 atom stereocenters. The van der Waals surface area contributed by atoms with E-state index in [1.54, 1.807) is 0 Å². The first kappa shape index (κ1) is 24.8. The van der Waals surface area contributed by atoms with Crippen molar-refractivity contribution in [2.45, 2.75) is 75.8 Å². The van der Waals surface area contributed by atoms with Crippen molar-refractivity contribution in [3.05, 3.63) is 59.7 Å². The van der Waals surface area contributed by atoms with Gasteiger partial charge in [0.05, 0.1) is 5.54 Å². The number of benzene rings is 2. The molecule has 0 aliphatic heterocycles. The van der Waals surface area contributed by atoms with Gasteiger partial charge in [-0.1, -0.05) is 68.3 Å². The lowest BCUT2D eigenvalue weighted by Crippen LogP contribution is -2.50. The third-order valence-corrected chi connectivity index (χ3v) is 7.34. The van der Waals surface area contributed by atoms with Crippen molar-refractivity contribution >= 4 is 18.0 Å². The molecule has 1 saturated carbocycles. The highest BCUT2D eigenvalue weighted by Crippen LogP contribution is 2.44. The van der Waals surface area contributed by atoms with Crippen molar-refractivity contribution in [2.75, 3.05) is 6.61 Å². The molecule has 2 aliphatic carbocycles. The quantitative estimate of drug-likeness (QED) is 0.446. The standard InChI is InChI=1S/C28H34N2O5/c1-2-19(13-14-26(32)33)29-25(31)17-28(15-7-8-16-28)30-27(34)35-18-24-22-11-5-3-9-20(22)21-10-4-6-12-23(21)24/h3-6,9-12,19,24H,2,7-8,13-18H2,1H3,(H,29,31)(H,30,34)(H,32,33). The Morgan fingerprint density at radius 3 is 2.20 bits per heavy atom. The lowest BCUT2D eigenvalue weighted by molar-refractivity contribution is -0.137. The van der Waals surface area contributed by atoms with E-state index in [9.17, 15) is 14.4 Å². The van der Waals surface area contributed by atoms with Crippen LogP contribution in [0.3, 0.4) is 0 Å². The molecule has 2 aromatic carbocycles. The maximum Gasteiger partial charge on any atom is 0.407 e. The van der Waals surface area contributed by atoms with E-state index in [0.29, 0.717) is 12.8 Å². The molecule has 35 heavy (non-hydrogen) atoms. The zero-order chi connectivity index (χ0) is 24.8. The Labute approximate surface area is 206 Å². The Hall–Kier alpha value is -3.35. The Bertz CT molecular complexity index is 1030. The van der Waals surface area contributed by atoms with Gasteiger partial charge in [-0.05, 0) is 47.9 Å². The summed E-state index contributed by atoms with van der Waals surface area (Å²) in [4.78, 5) is 36.6.